The first-order chi connectivity index (χ1) is 14.9. The van der Waals surface area contributed by atoms with Gasteiger partial charge in [0.25, 0.3) is 5.56 Å². The molecular weight excluding hydrogens is 413 g/mol. The summed E-state index contributed by atoms with van der Waals surface area (Å²) in [6.45, 7) is 4.37. The van der Waals surface area contributed by atoms with Crippen LogP contribution >= 0.6 is 11.3 Å². The number of aryl methyl sites for hydroxylation is 2. The number of benzene rings is 2. The van der Waals surface area contributed by atoms with Crippen LogP contribution in [-0.4, -0.2) is 15.9 Å². The van der Waals surface area contributed by atoms with Crippen molar-refractivity contribution in [3.63, 3.8) is 0 Å². The highest BCUT2D eigenvalue weighted by Gasteiger charge is 2.19. The van der Waals surface area contributed by atoms with E-state index < -0.39 is 11.8 Å². The highest BCUT2D eigenvalue weighted by Crippen LogP contribution is 2.21. The number of aromatic nitrogens is 1. The van der Waals surface area contributed by atoms with Crippen molar-refractivity contribution in [2.24, 2.45) is 0 Å². The summed E-state index contributed by atoms with van der Waals surface area (Å²) in [4.78, 5) is 31.2. The van der Waals surface area contributed by atoms with Crippen LogP contribution < -0.4 is 10.9 Å². The number of amides is 2. The zero-order valence-corrected chi connectivity index (χ0v) is 18.1. The molecule has 31 heavy (non-hydrogen) atoms. The fraction of sp³-hybridized carbons (Fsp3) is 0.167. The molecule has 0 radical (unpaired) electrons. The molecule has 0 saturated carbocycles. The van der Waals surface area contributed by atoms with Gasteiger partial charge in [0.15, 0.2) is 0 Å². The van der Waals surface area contributed by atoms with Crippen LogP contribution in [0.3, 0.4) is 0 Å². The van der Waals surface area contributed by atoms with Gasteiger partial charge >= 0.3 is 6.03 Å². The van der Waals surface area contributed by atoms with Crippen LogP contribution in [0.4, 0.5) is 14.9 Å². The third kappa shape index (κ3) is 4.67. The van der Waals surface area contributed by atoms with Crippen LogP contribution in [0.25, 0.3) is 10.9 Å². The second-order valence-corrected chi connectivity index (χ2v) is 8.54. The van der Waals surface area contributed by atoms with Crippen LogP contribution in [-0.2, 0) is 13.1 Å². The third-order valence-electron chi connectivity index (χ3n) is 5.08. The molecule has 5 nitrogen and oxygen atoms in total. The Kier molecular flexibility index (Phi) is 5.86. The molecule has 4 rings (SSSR count). The van der Waals surface area contributed by atoms with E-state index in [0.29, 0.717) is 12.1 Å². The zero-order chi connectivity index (χ0) is 22.0. The minimum Gasteiger partial charge on any atom is -0.322 e. The van der Waals surface area contributed by atoms with Crippen LogP contribution in [0.5, 0.6) is 0 Å². The predicted molar refractivity (Wildman–Crippen MR) is 123 cm³/mol. The standard InChI is InChI=1S/C24H22FN3O2S/c1-15-10-16(2)19-12-17(23(29)26-22(19)11-15)13-28(14-18-6-5-9-31-18)24(30)27-21-8-4-3-7-20(21)25/h3-12H,13-14H2,1-2H3,(H,26,29)(H,27,30). The SMILES string of the molecule is Cc1cc(C)c2cc(CN(Cc3cccs3)C(=O)Nc3ccccc3F)c(=O)[nH]c2c1. The van der Waals surface area contributed by atoms with Gasteiger partial charge in [0, 0.05) is 21.3 Å². The number of carbonyl (C=O) groups is 1. The maximum absolute atomic E-state index is 14.0. The molecular formula is C24H22FN3O2S. The number of nitrogens with zero attached hydrogens (tertiary/aromatic N) is 1. The molecule has 158 valence electrons. The Morgan fingerprint density at radius 3 is 2.65 bits per heavy atom. The van der Waals surface area contributed by atoms with Gasteiger partial charge in [-0.15, -0.1) is 11.3 Å². The van der Waals surface area contributed by atoms with Crippen molar-refractivity contribution in [1.29, 1.82) is 0 Å². The van der Waals surface area contributed by atoms with Gasteiger partial charge in [0.1, 0.15) is 5.82 Å². The second-order valence-electron chi connectivity index (χ2n) is 7.51. The Balaban J connectivity index is 1.67. The lowest BCUT2D eigenvalue weighted by Gasteiger charge is -2.23. The molecule has 2 heterocycles. The highest BCUT2D eigenvalue weighted by atomic mass is 32.1. The maximum Gasteiger partial charge on any atom is 0.322 e. The van der Waals surface area contributed by atoms with Gasteiger partial charge in [0.2, 0.25) is 0 Å². The largest absolute Gasteiger partial charge is 0.322 e. The molecule has 2 amide bonds. The fourth-order valence-corrected chi connectivity index (χ4v) is 4.31. The van der Waals surface area contributed by atoms with E-state index in [1.807, 2.05) is 43.5 Å². The zero-order valence-electron chi connectivity index (χ0n) is 17.2. The van der Waals surface area contributed by atoms with Crippen molar-refractivity contribution in [3.05, 3.63) is 97.7 Å². The van der Waals surface area contributed by atoms with Crippen molar-refractivity contribution in [2.75, 3.05) is 5.32 Å². The van der Waals surface area contributed by atoms with E-state index >= 15 is 0 Å². The summed E-state index contributed by atoms with van der Waals surface area (Å²) in [7, 11) is 0. The van der Waals surface area contributed by atoms with Gasteiger partial charge in [-0.1, -0.05) is 24.3 Å². The first-order valence-electron chi connectivity index (χ1n) is 9.86. The average molecular weight is 436 g/mol. The maximum atomic E-state index is 14.0. The first kappa shape index (κ1) is 20.8. The number of rotatable bonds is 5. The molecule has 0 aliphatic rings. The minimum atomic E-state index is -0.513. The van der Waals surface area contributed by atoms with Crippen molar-refractivity contribution in [2.45, 2.75) is 26.9 Å². The Bertz CT molecular complexity index is 1300. The monoisotopic (exact) mass is 435 g/mol. The van der Waals surface area contributed by atoms with Crippen molar-refractivity contribution < 1.29 is 9.18 Å². The number of hydrogen-bond acceptors (Lipinski definition) is 3. The van der Waals surface area contributed by atoms with Crippen molar-refractivity contribution in [1.82, 2.24) is 9.88 Å². The molecule has 2 aromatic heterocycles. The second kappa shape index (κ2) is 8.73. The average Bonchev–Trinajstić information content (AvgIpc) is 3.23. The summed E-state index contributed by atoms with van der Waals surface area (Å²) in [6.07, 6.45) is 0. The molecule has 4 aromatic rings. The summed E-state index contributed by atoms with van der Waals surface area (Å²) in [5.74, 6) is -0.513. The molecule has 2 N–H and O–H groups in total. The predicted octanol–water partition coefficient (Wildman–Crippen LogP) is 5.58. The molecule has 0 atom stereocenters. The van der Waals surface area contributed by atoms with Crippen LogP contribution in [0, 0.1) is 19.7 Å². The van der Waals surface area contributed by atoms with Gasteiger partial charge in [-0.2, -0.15) is 0 Å². The molecule has 0 aliphatic heterocycles. The summed E-state index contributed by atoms with van der Waals surface area (Å²) < 4.78 is 14.0. The van der Waals surface area contributed by atoms with Gasteiger partial charge in [-0.3, -0.25) is 4.79 Å². The lowest BCUT2D eigenvalue weighted by molar-refractivity contribution is 0.206. The lowest BCUT2D eigenvalue weighted by Crippen LogP contribution is -2.35. The number of hydrogen-bond donors (Lipinski definition) is 2. The first-order valence-corrected chi connectivity index (χ1v) is 10.7. The number of nitrogens with one attached hydrogen (secondary N) is 2. The van der Waals surface area contributed by atoms with Crippen molar-refractivity contribution in [3.8, 4) is 0 Å². The van der Waals surface area contributed by atoms with Crippen LogP contribution in [0.15, 0.2) is 64.8 Å². The van der Waals surface area contributed by atoms with E-state index in [4.69, 9.17) is 0 Å². The normalized spacial score (nSPS) is 10.9. The van der Waals surface area contributed by atoms with E-state index in [-0.39, 0.29) is 17.8 Å². The van der Waals surface area contributed by atoms with E-state index in [9.17, 15) is 14.0 Å². The summed E-state index contributed by atoms with van der Waals surface area (Å²) in [5.41, 5.74) is 3.21. The van der Waals surface area contributed by atoms with Crippen molar-refractivity contribution >= 4 is 34.0 Å². The number of urea groups is 1. The highest BCUT2D eigenvalue weighted by molar-refractivity contribution is 7.09. The quantitative estimate of drug-likeness (QED) is 0.430. The Labute approximate surface area is 183 Å². The molecule has 0 unspecified atom stereocenters. The number of para-hydroxylation sites is 1. The summed E-state index contributed by atoms with van der Waals surface area (Å²) in [5, 5.41) is 5.49. The lowest BCUT2D eigenvalue weighted by atomic mass is 10.0. The van der Waals surface area contributed by atoms with Gasteiger partial charge in [-0.05, 0) is 60.7 Å². The van der Waals surface area contributed by atoms with Gasteiger partial charge in [0.05, 0.1) is 18.8 Å². The van der Waals surface area contributed by atoms with Crippen LogP contribution in [0.2, 0.25) is 0 Å². The molecule has 0 saturated heterocycles. The molecule has 0 fully saturated rings. The third-order valence-corrected chi connectivity index (χ3v) is 5.94. The van der Waals surface area contributed by atoms with E-state index in [1.54, 1.807) is 12.1 Å². The summed E-state index contributed by atoms with van der Waals surface area (Å²) >= 11 is 1.52. The smallest absolute Gasteiger partial charge is 0.322 e. The van der Waals surface area contributed by atoms with E-state index in [2.05, 4.69) is 16.4 Å². The number of thiophene rings is 1. The Morgan fingerprint density at radius 1 is 1.10 bits per heavy atom. The fourth-order valence-electron chi connectivity index (χ4n) is 3.59. The molecule has 0 bridgehead atoms. The number of fused-ring (bicyclic) bond motifs is 1. The molecule has 7 heteroatoms. The van der Waals surface area contributed by atoms with Gasteiger partial charge < -0.3 is 15.2 Å². The topological polar surface area (TPSA) is 65.2 Å². The van der Waals surface area contributed by atoms with E-state index in [0.717, 1.165) is 26.9 Å². The van der Waals surface area contributed by atoms with Gasteiger partial charge in [-0.25, -0.2) is 9.18 Å². The number of H-pyrrole nitrogens is 1. The number of anilines is 1. The minimum absolute atomic E-state index is 0.0940. The van der Waals surface area contributed by atoms with E-state index in [1.165, 1.54) is 28.4 Å². The summed E-state index contributed by atoms with van der Waals surface area (Å²) in [6, 6.07) is 15.2. The Hall–Kier alpha value is -3.45. The molecule has 2 aromatic carbocycles. The molecule has 0 spiro atoms. The molecule has 0 aliphatic carbocycles. The number of aromatic amines is 1. The number of halogens is 1. The van der Waals surface area contributed by atoms with Crippen LogP contribution in [0.1, 0.15) is 21.6 Å². The number of pyridine rings is 1. The Morgan fingerprint density at radius 2 is 1.90 bits per heavy atom. The number of carbonyl (C=O) groups excluding carboxylic acids is 1.